The van der Waals surface area contributed by atoms with Crippen molar-refractivity contribution < 1.29 is 9.47 Å². The van der Waals surface area contributed by atoms with Gasteiger partial charge in [-0.25, -0.2) is 0 Å². The molecule has 1 N–H and O–H groups in total. The SMILES string of the molecule is CN=C(NCc1ccc(CN2CCOCC2)cc1)N1CCC(COCc2ccccc2)C1. The third-order valence-corrected chi connectivity index (χ3v) is 6.25. The van der Waals surface area contributed by atoms with Crippen LogP contribution in [0.1, 0.15) is 23.1 Å². The first kappa shape index (κ1) is 22.8. The topological polar surface area (TPSA) is 49.3 Å². The van der Waals surface area contributed by atoms with Gasteiger partial charge in [0, 0.05) is 52.2 Å². The Morgan fingerprint density at radius 1 is 1.00 bits per heavy atom. The van der Waals surface area contributed by atoms with Gasteiger partial charge in [0.05, 0.1) is 26.4 Å². The normalized spacial score (nSPS) is 20.0. The molecule has 6 heteroatoms. The summed E-state index contributed by atoms with van der Waals surface area (Å²) in [5, 5.41) is 3.54. The molecule has 2 aliphatic heterocycles. The van der Waals surface area contributed by atoms with Gasteiger partial charge in [0.25, 0.3) is 0 Å². The number of likely N-dealkylation sites (tertiary alicyclic amines) is 1. The van der Waals surface area contributed by atoms with Crippen LogP contribution in [0.3, 0.4) is 0 Å². The molecule has 2 heterocycles. The lowest BCUT2D eigenvalue weighted by atomic mass is 10.1. The number of morpholine rings is 1. The van der Waals surface area contributed by atoms with Gasteiger partial charge in [-0.1, -0.05) is 54.6 Å². The van der Waals surface area contributed by atoms with Crippen molar-refractivity contribution in [3.05, 3.63) is 71.3 Å². The molecule has 0 bridgehead atoms. The van der Waals surface area contributed by atoms with Crippen LogP contribution < -0.4 is 5.32 Å². The molecule has 0 aliphatic carbocycles. The maximum absolute atomic E-state index is 5.96. The summed E-state index contributed by atoms with van der Waals surface area (Å²) >= 11 is 0. The molecule has 0 aromatic heterocycles. The van der Waals surface area contributed by atoms with E-state index in [0.717, 1.165) is 71.5 Å². The van der Waals surface area contributed by atoms with Crippen molar-refractivity contribution in [3.63, 3.8) is 0 Å². The highest BCUT2D eigenvalue weighted by Gasteiger charge is 2.25. The highest BCUT2D eigenvalue weighted by molar-refractivity contribution is 5.80. The Morgan fingerprint density at radius 3 is 2.50 bits per heavy atom. The van der Waals surface area contributed by atoms with Gasteiger partial charge in [0.2, 0.25) is 0 Å². The minimum atomic E-state index is 0.553. The zero-order chi connectivity index (χ0) is 22.0. The number of guanidine groups is 1. The minimum Gasteiger partial charge on any atom is -0.379 e. The van der Waals surface area contributed by atoms with Crippen molar-refractivity contribution in [2.45, 2.75) is 26.1 Å². The average molecular weight is 437 g/mol. The Morgan fingerprint density at radius 2 is 1.75 bits per heavy atom. The van der Waals surface area contributed by atoms with Crippen LogP contribution in [-0.2, 0) is 29.2 Å². The van der Waals surface area contributed by atoms with Crippen LogP contribution >= 0.6 is 0 Å². The van der Waals surface area contributed by atoms with E-state index in [-0.39, 0.29) is 0 Å². The highest BCUT2D eigenvalue weighted by atomic mass is 16.5. The first-order chi connectivity index (χ1) is 15.8. The molecule has 0 spiro atoms. The van der Waals surface area contributed by atoms with Gasteiger partial charge in [-0.15, -0.1) is 0 Å². The van der Waals surface area contributed by atoms with Crippen LogP contribution in [0.25, 0.3) is 0 Å². The Hall–Kier alpha value is -2.41. The summed E-state index contributed by atoms with van der Waals surface area (Å²) in [6.45, 7) is 9.02. The van der Waals surface area contributed by atoms with Gasteiger partial charge in [0.1, 0.15) is 0 Å². The van der Waals surface area contributed by atoms with Crippen molar-refractivity contribution in [2.75, 3.05) is 53.0 Å². The number of rotatable bonds is 8. The molecule has 0 amide bonds. The molecule has 32 heavy (non-hydrogen) atoms. The smallest absolute Gasteiger partial charge is 0.193 e. The van der Waals surface area contributed by atoms with Crippen LogP contribution in [0.2, 0.25) is 0 Å². The summed E-state index contributed by atoms with van der Waals surface area (Å²) in [5.74, 6) is 1.53. The number of hydrogen-bond donors (Lipinski definition) is 1. The number of ether oxygens (including phenoxy) is 2. The van der Waals surface area contributed by atoms with E-state index in [0.29, 0.717) is 12.5 Å². The van der Waals surface area contributed by atoms with Crippen LogP contribution in [-0.4, -0.2) is 68.8 Å². The molecule has 2 aliphatic rings. The molecular formula is C26H36N4O2. The van der Waals surface area contributed by atoms with Gasteiger partial charge in [-0.2, -0.15) is 0 Å². The molecule has 2 aromatic rings. The largest absolute Gasteiger partial charge is 0.379 e. The maximum Gasteiger partial charge on any atom is 0.193 e. The van der Waals surface area contributed by atoms with Gasteiger partial charge >= 0.3 is 0 Å². The summed E-state index contributed by atoms with van der Waals surface area (Å²) in [6, 6.07) is 19.3. The summed E-state index contributed by atoms with van der Waals surface area (Å²) in [5.41, 5.74) is 3.87. The predicted octanol–water partition coefficient (Wildman–Crippen LogP) is 3.13. The molecule has 2 aromatic carbocycles. The molecule has 2 saturated heterocycles. The summed E-state index contributed by atoms with van der Waals surface area (Å²) in [7, 11) is 1.87. The van der Waals surface area contributed by atoms with Gasteiger partial charge in [-0.3, -0.25) is 9.89 Å². The average Bonchev–Trinajstić information content (AvgIpc) is 3.31. The number of hydrogen-bond acceptors (Lipinski definition) is 4. The first-order valence-electron chi connectivity index (χ1n) is 11.8. The second-order valence-corrected chi connectivity index (χ2v) is 8.71. The quantitative estimate of drug-likeness (QED) is 0.509. The van der Waals surface area contributed by atoms with Crippen LogP contribution in [0, 0.1) is 5.92 Å². The van der Waals surface area contributed by atoms with Crippen LogP contribution in [0.4, 0.5) is 0 Å². The first-order valence-corrected chi connectivity index (χ1v) is 11.8. The molecule has 0 radical (unpaired) electrons. The second kappa shape index (κ2) is 12.0. The molecule has 0 saturated carbocycles. The molecule has 6 nitrogen and oxygen atoms in total. The maximum atomic E-state index is 5.96. The van der Waals surface area contributed by atoms with Gasteiger partial charge < -0.3 is 19.7 Å². The van der Waals surface area contributed by atoms with E-state index in [1.807, 2.05) is 13.1 Å². The van der Waals surface area contributed by atoms with E-state index in [2.05, 4.69) is 68.6 Å². The summed E-state index contributed by atoms with van der Waals surface area (Å²) < 4.78 is 11.4. The molecule has 4 rings (SSSR count). The molecular weight excluding hydrogens is 400 g/mol. The summed E-state index contributed by atoms with van der Waals surface area (Å²) in [4.78, 5) is 9.32. The van der Waals surface area contributed by atoms with E-state index in [4.69, 9.17) is 9.47 Å². The second-order valence-electron chi connectivity index (χ2n) is 8.71. The van der Waals surface area contributed by atoms with Crippen molar-refractivity contribution in [3.8, 4) is 0 Å². The fourth-order valence-electron chi connectivity index (χ4n) is 4.37. The van der Waals surface area contributed by atoms with Crippen LogP contribution in [0.5, 0.6) is 0 Å². The zero-order valence-corrected chi connectivity index (χ0v) is 19.2. The van der Waals surface area contributed by atoms with Gasteiger partial charge in [-0.05, 0) is 23.1 Å². The van der Waals surface area contributed by atoms with Crippen molar-refractivity contribution in [2.24, 2.45) is 10.9 Å². The lowest BCUT2D eigenvalue weighted by Gasteiger charge is -2.26. The summed E-state index contributed by atoms with van der Waals surface area (Å²) in [6.07, 6.45) is 1.14. The van der Waals surface area contributed by atoms with E-state index in [9.17, 15) is 0 Å². The fraction of sp³-hybridized carbons (Fsp3) is 0.500. The number of aliphatic imine (C=N–C) groups is 1. The Bertz CT molecular complexity index is 835. The van der Waals surface area contributed by atoms with Gasteiger partial charge in [0.15, 0.2) is 5.96 Å². The number of nitrogens with zero attached hydrogens (tertiary/aromatic N) is 3. The zero-order valence-electron chi connectivity index (χ0n) is 19.2. The Balaban J connectivity index is 1.18. The van der Waals surface area contributed by atoms with Crippen LogP contribution in [0.15, 0.2) is 59.6 Å². The standard InChI is InChI=1S/C26H36N4O2/c1-27-26(30-12-11-25(19-30)21-32-20-24-5-3-2-4-6-24)28-17-22-7-9-23(10-8-22)18-29-13-15-31-16-14-29/h2-10,25H,11-21H2,1H3,(H,27,28). The number of benzene rings is 2. The van der Waals surface area contributed by atoms with Crippen molar-refractivity contribution in [1.29, 1.82) is 0 Å². The number of nitrogens with one attached hydrogen (secondary N) is 1. The highest BCUT2D eigenvalue weighted by Crippen LogP contribution is 2.18. The Labute approximate surface area is 192 Å². The molecule has 1 atom stereocenters. The third-order valence-electron chi connectivity index (χ3n) is 6.25. The molecule has 1 unspecified atom stereocenters. The monoisotopic (exact) mass is 436 g/mol. The molecule has 2 fully saturated rings. The Kier molecular flexibility index (Phi) is 8.54. The van der Waals surface area contributed by atoms with E-state index in [1.165, 1.54) is 16.7 Å². The fourth-order valence-corrected chi connectivity index (χ4v) is 4.37. The molecule has 172 valence electrons. The van der Waals surface area contributed by atoms with E-state index in [1.54, 1.807) is 0 Å². The van der Waals surface area contributed by atoms with Crippen molar-refractivity contribution >= 4 is 5.96 Å². The third kappa shape index (κ3) is 6.79. The van der Waals surface area contributed by atoms with E-state index >= 15 is 0 Å². The van der Waals surface area contributed by atoms with Crippen molar-refractivity contribution in [1.82, 2.24) is 15.1 Å². The lowest BCUT2D eigenvalue weighted by Crippen LogP contribution is -2.39. The van der Waals surface area contributed by atoms with E-state index < -0.39 is 0 Å². The lowest BCUT2D eigenvalue weighted by molar-refractivity contribution is 0.0342. The minimum absolute atomic E-state index is 0.553. The predicted molar refractivity (Wildman–Crippen MR) is 129 cm³/mol.